The monoisotopic (exact) mass is 215 g/mol. The lowest BCUT2D eigenvalue weighted by Crippen LogP contribution is -2.52. The van der Waals surface area contributed by atoms with Crippen LogP contribution in [-0.4, -0.2) is 37.5 Å². The maximum Gasteiger partial charge on any atom is 0.0704 e. The Morgan fingerprint density at radius 3 is 2.40 bits per heavy atom. The number of rotatable bonds is 6. The highest BCUT2D eigenvalue weighted by Gasteiger charge is 2.31. The van der Waals surface area contributed by atoms with Crippen LogP contribution in [0.3, 0.4) is 0 Å². The topological polar surface area (TPSA) is 30.5 Å². The zero-order valence-corrected chi connectivity index (χ0v) is 10.5. The molecule has 0 aromatic rings. The smallest absolute Gasteiger partial charge is 0.0704 e. The maximum atomic E-state index is 5.66. The van der Waals surface area contributed by atoms with Gasteiger partial charge >= 0.3 is 0 Å². The number of ether oxygens (including phenoxy) is 2. The first-order valence-electron chi connectivity index (χ1n) is 5.98. The van der Waals surface area contributed by atoms with Crippen LogP contribution in [0.15, 0.2) is 0 Å². The Bertz CT molecular complexity index is 171. The van der Waals surface area contributed by atoms with E-state index < -0.39 is 0 Å². The van der Waals surface area contributed by atoms with Crippen LogP contribution in [0.4, 0.5) is 0 Å². The summed E-state index contributed by atoms with van der Waals surface area (Å²) in [5.41, 5.74) is 0.223. The van der Waals surface area contributed by atoms with Crippen molar-refractivity contribution in [2.24, 2.45) is 0 Å². The van der Waals surface area contributed by atoms with Crippen LogP contribution in [0, 0.1) is 0 Å². The normalized spacial score (nSPS) is 26.4. The summed E-state index contributed by atoms with van der Waals surface area (Å²) in [5, 5.41) is 3.58. The van der Waals surface area contributed by atoms with E-state index in [2.05, 4.69) is 26.1 Å². The van der Waals surface area contributed by atoms with Crippen molar-refractivity contribution in [3.8, 4) is 0 Å². The van der Waals surface area contributed by atoms with Crippen LogP contribution in [0.5, 0.6) is 0 Å². The Hall–Kier alpha value is -0.120. The molecule has 0 radical (unpaired) electrons. The van der Waals surface area contributed by atoms with Crippen LogP contribution >= 0.6 is 0 Å². The standard InChI is InChI=1S/C12H25NO2/c1-5-14-6-7-15-11-8-10(9-11)13-12(2,3)4/h10-11,13H,5-9H2,1-4H3. The molecule has 1 N–H and O–H groups in total. The molecule has 0 aromatic carbocycles. The van der Waals surface area contributed by atoms with Gasteiger partial charge in [0.25, 0.3) is 0 Å². The summed E-state index contributed by atoms with van der Waals surface area (Å²) in [6.45, 7) is 10.9. The largest absolute Gasteiger partial charge is 0.379 e. The number of hydrogen-bond donors (Lipinski definition) is 1. The van der Waals surface area contributed by atoms with Gasteiger partial charge in [0, 0.05) is 18.2 Å². The lowest BCUT2D eigenvalue weighted by molar-refractivity contribution is -0.0439. The van der Waals surface area contributed by atoms with Crippen molar-refractivity contribution in [2.45, 2.75) is 58.2 Å². The second kappa shape index (κ2) is 5.83. The fourth-order valence-corrected chi connectivity index (χ4v) is 1.85. The molecule has 0 saturated heterocycles. The minimum Gasteiger partial charge on any atom is -0.379 e. The molecule has 0 bridgehead atoms. The second-order valence-electron chi connectivity index (χ2n) is 5.25. The van der Waals surface area contributed by atoms with E-state index >= 15 is 0 Å². The fourth-order valence-electron chi connectivity index (χ4n) is 1.85. The minimum absolute atomic E-state index is 0.223. The molecular formula is C12H25NO2. The van der Waals surface area contributed by atoms with Crippen molar-refractivity contribution in [2.75, 3.05) is 19.8 Å². The van der Waals surface area contributed by atoms with Crippen molar-refractivity contribution < 1.29 is 9.47 Å². The van der Waals surface area contributed by atoms with Gasteiger partial charge in [-0.2, -0.15) is 0 Å². The Labute approximate surface area is 93.5 Å². The van der Waals surface area contributed by atoms with E-state index in [0.29, 0.717) is 12.1 Å². The number of hydrogen-bond acceptors (Lipinski definition) is 3. The summed E-state index contributed by atoms with van der Waals surface area (Å²) >= 11 is 0. The summed E-state index contributed by atoms with van der Waals surface area (Å²) in [4.78, 5) is 0. The molecule has 0 aromatic heterocycles. The van der Waals surface area contributed by atoms with Crippen LogP contribution in [-0.2, 0) is 9.47 Å². The van der Waals surface area contributed by atoms with Crippen molar-refractivity contribution in [1.82, 2.24) is 5.32 Å². The van der Waals surface area contributed by atoms with E-state index in [1.807, 2.05) is 6.92 Å². The van der Waals surface area contributed by atoms with Gasteiger partial charge in [-0.15, -0.1) is 0 Å². The zero-order chi connectivity index (χ0) is 11.3. The Morgan fingerprint density at radius 2 is 1.87 bits per heavy atom. The van der Waals surface area contributed by atoms with Gasteiger partial charge in [0.05, 0.1) is 19.3 Å². The van der Waals surface area contributed by atoms with Gasteiger partial charge in [-0.1, -0.05) is 0 Å². The van der Waals surface area contributed by atoms with Crippen LogP contribution in [0.25, 0.3) is 0 Å². The lowest BCUT2D eigenvalue weighted by atomic mass is 9.87. The minimum atomic E-state index is 0.223. The molecule has 0 atom stereocenters. The molecule has 15 heavy (non-hydrogen) atoms. The SMILES string of the molecule is CCOCCOC1CC(NC(C)(C)C)C1. The Balaban J connectivity index is 1.96. The van der Waals surface area contributed by atoms with Gasteiger partial charge in [-0.05, 0) is 40.5 Å². The molecule has 0 spiro atoms. The third-order valence-electron chi connectivity index (χ3n) is 2.52. The molecule has 1 rings (SSSR count). The summed E-state index contributed by atoms with van der Waals surface area (Å²) in [6, 6.07) is 0.641. The average Bonchev–Trinajstić information content (AvgIpc) is 2.05. The highest BCUT2D eigenvalue weighted by Crippen LogP contribution is 2.25. The van der Waals surface area contributed by atoms with Crippen molar-refractivity contribution in [3.63, 3.8) is 0 Å². The van der Waals surface area contributed by atoms with Crippen LogP contribution in [0.2, 0.25) is 0 Å². The van der Waals surface area contributed by atoms with E-state index in [4.69, 9.17) is 9.47 Å². The van der Waals surface area contributed by atoms with Crippen molar-refractivity contribution in [1.29, 1.82) is 0 Å². The van der Waals surface area contributed by atoms with E-state index in [1.165, 1.54) is 0 Å². The lowest BCUT2D eigenvalue weighted by Gasteiger charge is -2.40. The quantitative estimate of drug-likeness (QED) is 0.687. The zero-order valence-electron chi connectivity index (χ0n) is 10.5. The van der Waals surface area contributed by atoms with E-state index in [-0.39, 0.29) is 5.54 Å². The fraction of sp³-hybridized carbons (Fsp3) is 1.00. The second-order valence-corrected chi connectivity index (χ2v) is 5.25. The van der Waals surface area contributed by atoms with E-state index in [1.54, 1.807) is 0 Å². The summed E-state index contributed by atoms with van der Waals surface area (Å²) < 4.78 is 10.9. The molecule has 3 heteroatoms. The van der Waals surface area contributed by atoms with E-state index in [0.717, 1.165) is 32.7 Å². The van der Waals surface area contributed by atoms with Gasteiger partial charge in [0.15, 0.2) is 0 Å². The average molecular weight is 215 g/mol. The first kappa shape index (κ1) is 12.9. The Kier molecular flexibility index (Phi) is 5.03. The molecule has 90 valence electrons. The molecule has 1 saturated carbocycles. The van der Waals surface area contributed by atoms with Gasteiger partial charge in [0.1, 0.15) is 0 Å². The third-order valence-corrected chi connectivity index (χ3v) is 2.52. The van der Waals surface area contributed by atoms with Crippen LogP contribution in [0.1, 0.15) is 40.5 Å². The third kappa shape index (κ3) is 5.50. The Morgan fingerprint density at radius 1 is 1.20 bits per heavy atom. The molecule has 0 heterocycles. The van der Waals surface area contributed by atoms with Gasteiger partial charge in [0.2, 0.25) is 0 Å². The summed E-state index contributed by atoms with van der Waals surface area (Å²) in [5.74, 6) is 0. The number of nitrogens with one attached hydrogen (secondary N) is 1. The van der Waals surface area contributed by atoms with E-state index in [9.17, 15) is 0 Å². The first-order chi connectivity index (χ1) is 7.01. The summed E-state index contributed by atoms with van der Waals surface area (Å²) in [6.07, 6.45) is 2.73. The first-order valence-corrected chi connectivity index (χ1v) is 5.98. The molecule has 1 aliphatic carbocycles. The van der Waals surface area contributed by atoms with Crippen molar-refractivity contribution in [3.05, 3.63) is 0 Å². The molecule has 0 unspecified atom stereocenters. The molecular weight excluding hydrogens is 190 g/mol. The molecule has 0 amide bonds. The van der Waals surface area contributed by atoms with Gasteiger partial charge in [-0.25, -0.2) is 0 Å². The predicted molar refractivity (Wildman–Crippen MR) is 62.1 cm³/mol. The van der Waals surface area contributed by atoms with Crippen molar-refractivity contribution >= 4 is 0 Å². The molecule has 3 nitrogen and oxygen atoms in total. The predicted octanol–water partition coefficient (Wildman–Crippen LogP) is 1.96. The summed E-state index contributed by atoms with van der Waals surface area (Å²) in [7, 11) is 0. The molecule has 1 aliphatic rings. The molecule has 1 fully saturated rings. The van der Waals surface area contributed by atoms with Crippen LogP contribution < -0.4 is 5.32 Å². The van der Waals surface area contributed by atoms with Gasteiger partial charge < -0.3 is 14.8 Å². The van der Waals surface area contributed by atoms with Gasteiger partial charge in [-0.3, -0.25) is 0 Å². The highest BCUT2D eigenvalue weighted by molar-refractivity contribution is 4.90. The highest BCUT2D eigenvalue weighted by atomic mass is 16.5. The maximum absolute atomic E-state index is 5.66. The molecule has 0 aliphatic heterocycles.